The van der Waals surface area contributed by atoms with Gasteiger partial charge in [0.25, 0.3) is 11.5 Å². The van der Waals surface area contributed by atoms with Crippen molar-refractivity contribution in [3.63, 3.8) is 0 Å². The third kappa shape index (κ3) is 5.09. The van der Waals surface area contributed by atoms with Crippen LogP contribution in [0.4, 0.5) is 17.5 Å². The van der Waals surface area contributed by atoms with Crippen molar-refractivity contribution < 1.29 is 9.53 Å². The molecule has 196 valence electrons. The molecular weight excluding hydrogens is 492 g/mol. The van der Waals surface area contributed by atoms with Gasteiger partial charge in [-0.25, -0.2) is 4.98 Å². The number of anilines is 3. The maximum Gasteiger partial charge on any atom is 0.293 e. The van der Waals surface area contributed by atoms with Crippen LogP contribution in [0, 0.1) is 5.41 Å². The normalized spacial score (nSPS) is 16.6. The van der Waals surface area contributed by atoms with Crippen molar-refractivity contribution >= 4 is 45.9 Å². The summed E-state index contributed by atoms with van der Waals surface area (Å²) < 4.78 is 7.23. The van der Waals surface area contributed by atoms with Gasteiger partial charge in [-0.1, -0.05) is 30.9 Å². The molecule has 2 N–H and O–H groups in total. The van der Waals surface area contributed by atoms with Crippen molar-refractivity contribution in [1.82, 2.24) is 19.9 Å². The molecule has 0 atom stereocenters. The van der Waals surface area contributed by atoms with E-state index in [0.29, 0.717) is 22.2 Å². The van der Waals surface area contributed by atoms with Gasteiger partial charge in [0.05, 0.1) is 11.7 Å². The monoisotopic (exact) mass is 524 g/mol. The van der Waals surface area contributed by atoms with E-state index in [1.165, 1.54) is 39.2 Å². The van der Waals surface area contributed by atoms with Crippen LogP contribution in [0.25, 0.3) is 10.9 Å². The second kappa shape index (κ2) is 10.2. The van der Waals surface area contributed by atoms with Gasteiger partial charge in [0, 0.05) is 42.7 Å². The first-order chi connectivity index (χ1) is 17.8. The minimum Gasteiger partial charge on any atom is -0.478 e. The summed E-state index contributed by atoms with van der Waals surface area (Å²) in [5, 5.41) is 7.04. The van der Waals surface area contributed by atoms with E-state index in [4.69, 9.17) is 21.3 Å². The smallest absolute Gasteiger partial charge is 0.293 e. The summed E-state index contributed by atoms with van der Waals surface area (Å²) in [6.45, 7) is 5.63. The molecule has 0 radical (unpaired) electrons. The van der Waals surface area contributed by atoms with Crippen LogP contribution in [-0.4, -0.2) is 47.2 Å². The van der Waals surface area contributed by atoms with E-state index >= 15 is 0 Å². The van der Waals surface area contributed by atoms with Crippen molar-refractivity contribution in [3.05, 3.63) is 45.8 Å². The Balaban J connectivity index is 1.41. The maximum absolute atomic E-state index is 13.0. The summed E-state index contributed by atoms with van der Waals surface area (Å²) >= 11 is 6.46. The second-order valence-electron chi connectivity index (χ2n) is 10.4. The molecule has 2 aromatic heterocycles. The molecule has 0 bridgehead atoms. The highest BCUT2D eigenvalue weighted by Crippen LogP contribution is 2.45. The molecule has 1 amide bonds. The molecule has 3 heterocycles. The Kier molecular flexibility index (Phi) is 6.98. The summed E-state index contributed by atoms with van der Waals surface area (Å²) in [7, 11) is 1.52. The minimum absolute atomic E-state index is 0.0970. The van der Waals surface area contributed by atoms with Gasteiger partial charge in [-0.2, -0.15) is 4.98 Å². The number of hydrogen-bond donors (Lipinski definition) is 2. The van der Waals surface area contributed by atoms with E-state index in [2.05, 4.69) is 20.5 Å². The highest BCUT2D eigenvalue weighted by Gasteiger charge is 2.44. The van der Waals surface area contributed by atoms with Gasteiger partial charge in [-0.15, -0.1) is 0 Å². The van der Waals surface area contributed by atoms with Crippen molar-refractivity contribution in [2.45, 2.75) is 52.0 Å². The van der Waals surface area contributed by atoms with Crippen LogP contribution < -0.4 is 25.8 Å². The first-order valence-electron chi connectivity index (χ1n) is 12.9. The average Bonchev–Trinajstić information content (AvgIpc) is 2.87. The van der Waals surface area contributed by atoms with Crippen molar-refractivity contribution in [3.8, 4) is 5.75 Å². The molecule has 37 heavy (non-hydrogen) atoms. The Morgan fingerprint density at radius 2 is 1.95 bits per heavy atom. The number of rotatable bonds is 7. The number of ether oxygens (including phenoxy) is 1. The molecule has 5 rings (SSSR count). The molecule has 9 nitrogen and oxygen atoms in total. The summed E-state index contributed by atoms with van der Waals surface area (Å²) in [5.41, 5.74) is 1.68. The fourth-order valence-electron chi connectivity index (χ4n) is 5.49. The zero-order chi connectivity index (χ0) is 26.2. The number of nitrogens with zero attached hydrogens (tertiary/aromatic N) is 4. The SMILES string of the molecule is CNC(=O)COc1cc2cc(Nc3nc(N4CC5(CCCCC5)C4)ncc3Cl)ccc2n(C(C)C)c1=O. The van der Waals surface area contributed by atoms with E-state index in [9.17, 15) is 9.59 Å². The lowest BCUT2D eigenvalue weighted by atomic mass is 9.69. The molecule has 10 heteroatoms. The molecule has 1 aliphatic carbocycles. The molecule has 3 aromatic rings. The number of likely N-dealkylation sites (N-methyl/N-ethyl adjacent to an activating group) is 1. The first kappa shape index (κ1) is 25.3. The Morgan fingerprint density at radius 3 is 2.65 bits per heavy atom. The van der Waals surface area contributed by atoms with Crippen molar-refractivity contribution in [2.24, 2.45) is 5.41 Å². The summed E-state index contributed by atoms with van der Waals surface area (Å²) in [5.74, 6) is 1.03. The number of carbonyl (C=O) groups excluding carboxylic acids is 1. The zero-order valence-corrected chi connectivity index (χ0v) is 22.3. The fourth-order valence-corrected chi connectivity index (χ4v) is 5.63. The van der Waals surface area contributed by atoms with E-state index < -0.39 is 0 Å². The topological polar surface area (TPSA) is 101 Å². The molecule has 1 spiro atoms. The number of amides is 1. The number of pyridine rings is 1. The van der Waals surface area contributed by atoms with Gasteiger partial charge in [-0.3, -0.25) is 9.59 Å². The van der Waals surface area contributed by atoms with Gasteiger partial charge in [-0.05, 0) is 51.0 Å². The van der Waals surface area contributed by atoms with Crippen LogP contribution in [-0.2, 0) is 4.79 Å². The average molecular weight is 525 g/mol. The molecule has 2 fully saturated rings. The maximum atomic E-state index is 13.0. The van der Waals surface area contributed by atoms with Crippen molar-refractivity contribution in [2.75, 3.05) is 37.0 Å². The van der Waals surface area contributed by atoms with Gasteiger partial charge in [0.2, 0.25) is 5.95 Å². The van der Waals surface area contributed by atoms with Crippen LogP contribution in [0.1, 0.15) is 52.0 Å². The van der Waals surface area contributed by atoms with Crippen LogP contribution in [0.5, 0.6) is 5.75 Å². The van der Waals surface area contributed by atoms with E-state index in [-0.39, 0.29) is 29.9 Å². The van der Waals surface area contributed by atoms with Crippen LogP contribution in [0.15, 0.2) is 35.3 Å². The Labute approximate surface area is 221 Å². The molecule has 1 aliphatic heterocycles. The Bertz CT molecular complexity index is 1370. The van der Waals surface area contributed by atoms with Gasteiger partial charge >= 0.3 is 0 Å². The fraction of sp³-hybridized carbons (Fsp3) is 0.481. The number of hydrogen-bond acceptors (Lipinski definition) is 7. The van der Waals surface area contributed by atoms with Crippen LogP contribution >= 0.6 is 11.6 Å². The predicted molar refractivity (Wildman–Crippen MR) is 146 cm³/mol. The number of fused-ring (bicyclic) bond motifs is 1. The standard InChI is InChI=1S/C27H33ClN6O3/c1-17(2)34-21-8-7-19(11-18(21)12-22(25(34)36)37-14-23(35)29-3)31-24-20(28)13-30-26(32-24)33-15-27(16-33)9-5-4-6-10-27/h7-8,11-13,17H,4-6,9-10,14-16H2,1-3H3,(H,29,35)(H,30,31,32). The van der Waals surface area contributed by atoms with Gasteiger partial charge in [0.1, 0.15) is 5.02 Å². The zero-order valence-electron chi connectivity index (χ0n) is 21.5. The molecular formula is C27H33ClN6O3. The molecule has 1 saturated heterocycles. The Hall–Kier alpha value is -3.33. The Morgan fingerprint density at radius 1 is 1.19 bits per heavy atom. The summed E-state index contributed by atoms with van der Waals surface area (Å²) in [4.78, 5) is 36.2. The van der Waals surface area contributed by atoms with E-state index in [1.807, 2.05) is 32.0 Å². The summed E-state index contributed by atoms with van der Waals surface area (Å²) in [6, 6.07) is 7.27. The minimum atomic E-state index is -0.308. The lowest BCUT2D eigenvalue weighted by Crippen LogP contribution is -2.57. The highest BCUT2D eigenvalue weighted by molar-refractivity contribution is 6.32. The van der Waals surface area contributed by atoms with Crippen LogP contribution in [0.2, 0.25) is 5.02 Å². The third-order valence-electron chi connectivity index (χ3n) is 7.40. The highest BCUT2D eigenvalue weighted by atomic mass is 35.5. The van der Waals surface area contributed by atoms with E-state index in [0.717, 1.165) is 29.7 Å². The van der Waals surface area contributed by atoms with E-state index in [1.54, 1.807) is 16.8 Å². The lowest BCUT2D eigenvalue weighted by Gasteiger charge is -2.52. The number of halogens is 1. The van der Waals surface area contributed by atoms with Gasteiger partial charge < -0.3 is 24.8 Å². The number of nitrogens with one attached hydrogen (secondary N) is 2. The molecule has 2 aliphatic rings. The number of aromatic nitrogens is 3. The second-order valence-corrected chi connectivity index (χ2v) is 10.8. The van der Waals surface area contributed by atoms with Crippen molar-refractivity contribution in [1.29, 1.82) is 0 Å². The van der Waals surface area contributed by atoms with Crippen LogP contribution in [0.3, 0.4) is 0 Å². The molecule has 0 unspecified atom stereocenters. The summed E-state index contributed by atoms with van der Waals surface area (Å²) in [6.07, 6.45) is 8.18. The first-order valence-corrected chi connectivity index (χ1v) is 13.2. The lowest BCUT2D eigenvalue weighted by molar-refractivity contribution is -0.122. The number of carbonyl (C=O) groups is 1. The van der Waals surface area contributed by atoms with Gasteiger partial charge in [0.15, 0.2) is 18.2 Å². The number of benzene rings is 1. The molecule has 1 saturated carbocycles. The predicted octanol–water partition coefficient (Wildman–Crippen LogP) is 4.66. The molecule has 1 aromatic carbocycles. The largest absolute Gasteiger partial charge is 0.478 e. The third-order valence-corrected chi connectivity index (χ3v) is 7.68. The quantitative estimate of drug-likeness (QED) is 0.463.